The smallest absolute Gasteiger partial charge is 0.266 e. The van der Waals surface area contributed by atoms with E-state index in [0.717, 1.165) is 47.8 Å². The molecule has 4 rings (SSSR count). The van der Waals surface area contributed by atoms with Gasteiger partial charge in [0.2, 0.25) is 0 Å². The highest BCUT2D eigenvalue weighted by Crippen LogP contribution is 2.36. The Morgan fingerprint density at radius 3 is 2.57 bits per heavy atom. The normalized spacial score (nSPS) is 15.2. The Morgan fingerprint density at radius 2 is 1.86 bits per heavy atom. The lowest BCUT2D eigenvalue weighted by atomic mass is 10.1. The molecule has 28 heavy (non-hydrogen) atoms. The summed E-state index contributed by atoms with van der Waals surface area (Å²) in [5.74, 6) is 0.786. The summed E-state index contributed by atoms with van der Waals surface area (Å²) in [7, 11) is 2.11. The molecular formula is C20H22FN5OS. The van der Waals surface area contributed by atoms with Crippen LogP contribution in [0.15, 0.2) is 24.3 Å². The Morgan fingerprint density at radius 1 is 1.14 bits per heavy atom. The number of aromatic nitrogens is 2. The van der Waals surface area contributed by atoms with E-state index in [4.69, 9.17) is 4.98 Å². The van der Waals surface area contributed by atoms with E-state index in [2.05, 4.69) is 27.1 Å². The monoisotopic (exact) mass is 399 g/mol. The average Bonchev–Trinajstić information content (AvgIpc) is 3.00. The quantitative estimate of drug-likeness (QED) is 0.731. The molecule has 1 aromatic carbocycles. The van der Waals surface area contributed by atoms with Crippen molar-refractivity contribution in [1.29, 1.82) is 0 Å². The fraction of sp³-hybridized carbons (Fsp3) is 0.350. The zero-order valence-corrected chi connectivity index (χ0v) is 16.9. The second-order valence-electron chi connectivity index (χ2n) is 7.06. The molecule has 6 nitrogen and oxygen atoms in total. The molecular weight excluding hydrogens is 377 g/mol. The molecule has 0 unspecified atom stereocenters. The lowest BCUT2D eigenvalue weighted by Crippen LogP contribution is -2.45. The number of carbonyl (C=O) groups is 1. The van der Waals surface area contributed by atoms with Gasteiger partial charge in [0, 0.05) is 26.2 Å². The van der Waals surface area contributed by atoms with E-state index in [1.54, 1.807) is 18.2 Å². The summed E-state index contributed by atoms with van der Waals surface area (Å²) < 4.78 is 13.9. The largest absolute Gasteiger partial charge is 0.353 e. The number of likely N-dealkylation sites (N-methyl/N-ethyl adjacent to an activating group) is 1. The highest BCUT2D eigenvalue weighted by molar-refractivity contribution is 7.20. The van der Waals surface area contributed by atoms with Crippen LogP contribution in [-0.4, -0.2) is 54.0 Å². The number of hydrogen-bond donors (Lipinski definition) is 1. The first kappa shape index (κ1) is 18.8. The van der Waals surface area contributed by atoms with Crippen molar-refractivity contribution in [1.82, 2.24) is 14.9 Å². The first-order chi connectivity index (χ1) is 13.4. The predicted octanol–water partition coefficient (Wildman–Crippen LogP) is 3.45. The first-order valence-electron chi connectivity index (χ1n) is 9.21. The van der Waals surface area contributed by atoms with Crippen LogP contribution < -0.4 is 10.2 Å². The lowest BCUT2D eigenvalue weighted by molar-refractivity contribution is 0.102. The number of amides is 1. The van der Waals surface area contributed by atoms with Crippen molar-refractivity contribution in [2.24, 2.45) is 0 Å². The second-order valence-corrected chi connectivity index (χ2v) is 8.05. The third-order valence-electron chi connectivity index (χ3n) is 5.01. The van der Waals surface area contributed by atoms with Crippen molar-refractivity contribution in [2.45, 2.75) is 13.8 Å². The number of fused-ring (bicyclic) bond motifs is 1. The summed E-state index contributed by atoms with van der Waals surface area (Å²) >= 11 is 1.33. The lowest BCUT2D eigenvalue weighted by Gasteiger charge is -2.33. The molecule has 1 aliphatic heterocycles. The Kier molecular flexibility index (Phi) is 4.99. The number of para-hydroxylation sites is 1. The van der Waals surface area contributed by atoms with Gasteiger partial charge in [-0.05, 0) is 38.6 Å². The van der Waals surface area contributed by atoms with Crippen molar-refractivity contribution in [3.63, 3.8) is 0 Å². The summed E-state index contributed by atoms with van der Waals surface area (Å²) in [6.45, 7) is 7.48. The van der Waals surface area contributed by atoms with E-state index < -0.39 is 5.82 Å². The minimum absolute atomic E-state index is 0.172. The maximum absolute atomic E-state index is 13.9. The molecule has 0 aliphatic carbocycles. The minimum Gasteiger partial charge on any atom is -0.353 e. The number of rotatable bonds is 3. The Bertz CT molecular complexity index is 1040. The van der Waals surface area contributed by atoms with E-state index in [9.17, 15) is 9.18 Å². The van der Waals surface area contributed by atoms with Crippen LogP contribution in [0.25, 0.3) is 10.2 Å². The number of benzene rings is 1. The highest BCUT2D eigenvalue weighted by atomic mass is 32.1. The van der Waals surface area contributed by atoms with Gasteiger partial charge in [0.25, 0.3) is 5.91 Å². The molecule has 0 bridgehead atoms. The second kappa shape index (κ2) is 7.44. The molecule has 0 saturated carbocycles. The van der Waals surface area contributed by atoms with Gasteiger partial charge < -0.3 is 15.1 Å². The van der Waals surface area contributed by atoms with Gasteiger partial charge in [0.05, 0.1) is 16.0 Å². The fourth-order valence-corrected chi connectivity index (χ4v) is 4.54. The van der Waals surface area contributed by atoms with Gasteiger partial charge >= 0.3 is 0 Å². The number of nitrogens with zero attached hydrogens (tertiary/aromatic N) is 4. The highest BCUT2D eigenvalue weighted by Gasteiger charge is 2.24. The van der Waals surface area contributed by atoms with Crippen LogP contribution in [0.5, 0.6) is 0 Å². The van der Waals surface area contributed by atoms with E-state index in [0.29, 0.717) is 10.7 Å². The molecule has 1 N–H and O–H groups in total. The van der Waals surface area contributed by atoms with Crippen molar-refractivity contribution in [3.05, 3.63) is 46.3 Å². The molecule has 146 valence electrons. The van der Waals surface area contributed by atoms with Crippen LogP contribution in [0.2, 0.25) is 0 Å². The zero-order chi connectivity index (χ0) is 19.8. The first-order valence-corrected chi connectivity index (χ1v) is 10.0. The molecule has 2 aromatic heterocycles. The number of piperazine rings is 1. The molecule has 3 aromatic rings. The SMILES string of the molecule is Cc1nc(N2CCN(C)CC2)c2c(C)c(C(=O)Nc3ccccc3F)sc2n1. The topological polar surface area (TPSA) is 61.4 Å². The van der Waals surface area contributed by atoms with Gasteiger partial charge in [-0.25, -0.2) is 14.4 Å². The Hall–Kier alpha value is -2.58. The molecule has 0 spiro atoms. The van der Waals surface area contributed by atoms with Gasteiger partial charge in [-0.1, -0.05) is 12.1 Å². The number of thiophene rings is 1. The molecule has 1 aliphatic rings. The number of nitrogens with one attached hydrogen (secondary N) is 1. The number of aryl methyl sites for hydroxylation is 2. The summed E-state index contributed by atoms with van der Waals surface area (Å²) in [6, 6.07) is 6.16. The van der Waals surface area contributed by atoms with Gasteiger partial charge in [0.15, 0.2) is 0 Å². The number of hydrogen-bond acceptors (Lipinski definition) is 6. The minimum atomic E-state index is -0.455. The molecule has 8 heteroatoms. The number of halogens is 1. The molecule has 1 fully saturated rings. The standard InChI is InChI=1S/C20H22FN5OS/c1-12-16-18(26-10-8-25(3)9-11-26)22-13(2)23-20(16)28-17(12)19(27)24-15-7-5-4-6-14(15)21/h4-7H,8-11H2,1-3H3,(H,24,27). The molecule has 0 radical (unpaired) electrons. The van der Waals surface area contributed by atoms with E-state index >= 15 is 0 Å². The average molecular weight is 399 g/mol. The van der Waals surface area contributed by atoms with E-state index in [1.165, 1.54) is 17.4 Å². The number of carbonyl (C=O) groups excluding carboxylic acids is 1. The van der Waals surface area contributed by atoms with Gasteiger partial charge in [-0.15, -0.1) is 11.3 Å². The van der Waals surface area contributed by atoms with Crippen molar-refractivity contribution < 1.29 is 9.18 Å². The van der Waals surface area contributed by atoms with E-state index in [-0.39, 0.29) is 11.6 Å². The van der Waals surface area contributed by atoms with Crippen LogP contribution in [0.3, 0.4) is 0 Å². The molecule has 3 heterocycles. The number of anilines is 2. The Balaban J connectivity index is 1.73. The van der Waals surface area contributed by atoms with Crippen LogP contribution >= 0.6 is 11.3 Å². The van der Waals surface area contributed by atoms with Crippen LogP contribution in [0.4, 0.5) is 15.9 Å². The summed E-state index contributed by atoms with van der Waals surface area (Å²) in [4.78, 5) is 28.0. The van der Waals surface area contributed by atoms with Crippen LogP contribution in [-0.2, 0) is 0 Å². The van der Waals surface area contributed by atoms with Crippen molar-refractivity contribution in [3.8, 4) is 0 Å². The predicted molar refractivity (Wildman–Crippen MR) is 111 cm³/mol. The Labute approximate surface area is 167 Å². The summed E-state index contributed by atoms with van der Waals surface area (Å²) in [5, 5.41) is 3.59. The zero-order valence-electron chi connectivity index (χ0n) is 16.1. The van der Waals surface area contributed by atoms with Gasteiger partial charge in [-0.2, -0.15) is 0 Å². The van der Waals surface area contributed by atoms with Gasteiger partial charge in [0.1, 0.15) is 22.3 Å². The maximum Gasteiger partial charge on any atom is 0.266 e. The van der Waals surface area contributed by atoms with Crippen molar-refractivity contribution in [2.75, 3.05) is 43.4 Å². The summed E-state index contributed by atoms with van der Waals surface area (Å²) in [6.07, 6.45) is 0. The maximum atomic E-state index is 13.9. The molecule has 0 atom stereocenters. The van der Waals surface area contributed by atoms with Gasteiger partial charge in [-0.3, -0.25) is 4.79 Å². The van der Waals surface area contributed by atoms with Crippen LogP contribution in [0, 0.1) is 19.7 Å². The fourth-order valence-electron chi connectivity index (χ4n) is 3.43. The van der Waals surface area contributed by atoms with Crippen molar-refractivity contribution >= 4 is 39.0 Å². The summed E-state index contributed by atoms with van der Waals surface area (Å²) in [5.41, 5.74) is 1.01. The van der Waals surface area contributed by atoms with Crippen LogP contribution in [0.1, 0.15) is 21.1 Å². The molecule has 1 amide bonds. The third kappa shape index (κ3) is 3.45. The van der Waals surface area contributed by atoms with E-state index in [1.807, 2.05) is 13.8 Å². The molecule has 1 saturated heterocycles. The third-order valence-corrected chi connectivity index (χ3v) is 6.20.